The van der Waals surface area contributed by atoms with E-state index in [1.54, 1.807) is 0 Å². The molecular formula is C24H27N5O2S. The van der Waals surface area contributed by atoms with E-state index in [0.717, 1.165) is 41.2 Å². The first kappa shape index (κ1) is 22.0. The van der Waals surface area contributed by atoms with E-state index in [4.69, 9.17) is 0 Å². The smallest absolute Gasteiger partial charge is 0.317 e. The molecule has 0 spiro atoms. The molecule has 2 N–H and O–H groups in total. The SMILES string of the molecule is Cc1ccc(CNC(=O)N2CCC[C@@H](c3nnc(C(=O)Nc4ccc(C)cc4)s3)C2)cc1. The number of aryl methyl sites for hydroxylation is 2. The first-order valence-corrected chi connectivity index (χ1v) is 11.6. The van der Waals surface area contributed by atoms with Gasteiger partial charge < -0.3 is 15.5 Å². The maximum absolute atomic E-state index is 12.7. The molecule has 8 heteroatoms. The van der Waals surface area contributed by atoms with Gasteiger partial charge >= 0.3 is 6.03 Å². The first-order chi connectivity index (χ1) is 15.5. The van der Waals surface area contributed by atoms with Crippen molar-refractivity contribution >= 4 is 29.0 Å². The molecular weight excluding hydrogens is 422 g/mol. The minimum atomic E-state index is -0.263. The molecule has 1 atom stereocenters. The lowest BCUT2D eigenvalue weighted by Gasteiger charge is -2.31. The van der Waals surface area contributed by atoms with Crippen molar-refractivity contribution in [3.05, 3.63) is 75.2 Å². The van der Waals surface area contributed by atoms with Crippen molar-refractivity contribution < 1.29 is 9.59 Å². The number of hydrogen-bond donors (Lipinski definition) is 2. The Kier molecular flexibility index (Phi) is 6.80. The third-order valence-corrected chi connectivity index (χ3v) is 6.65. The highest BCUT2D eigenvalue weighted by molar-refractivity contribution is 7.13. The molecule has 1 aromatic heterocycles. The van der Waals surface area contributed by atoms with Crippen LogP contribution < -0.4 is 10.6 Å². The number of aromatic nitrogens is 2. The lowest BCUT2D eigenvalue weighted by molar-refractivity contribution is 0.102. The number of piperidine rings is 1. The van der Waals surface area contributed by atoms with Crippen LogP contribution in [0, 0.1) is 13.8 Å². The van der Waals surface area contributed by atoms with Crippen molar-refractivity contribution in [3.63, 3.8) is 0 Å². The van der Waals surface area contributed by atoms with Crippen LogP contribution in [0.2, 0.25) is 0 Å². The molecule has 166 valence electrons. The van der Waals surface area contributed by atoms with Crippen molar-refractivity contribution in [3.8, 4) is 0 Å². The minimum absolute atomic E-state index is 0.0721. The zero-order valence-corrected chi connectivity index (χ0v) is 19.1. The number of rotatable bonds is 5. The number of likely N-dealkylation sites (tertiary alicyclic amines) is 1. The number of hydrogen-bond acceptors (Lipinski definition) is 5. The molecule has 0 saturated carbocycles. The number of urea groups is 1. The van der Waals surface area contributed by atoms with E-state index in [2.05, 4.69) is 20.8 Å². The topological polar surface area (TPSA) is 87.2 Å². The van der Waals surface area contributed by atoms with Crippen molar-refractivity contribution in [1.82, 2.24) is 20.4 Å². The fourth-order valence-electron chi connectivity index (χ4n) is 3.67. The van der Waals surface area contributed by atoms with Crippen LogP contribution in [0.25, 0.3) is 0 Å². The van der Waals surface area contributed by atoms with E-state index >= 15 is 0 Å². The summed E-state index contributed by atoms with van der Waals surface area (Å²) in [5.74, 6) is -0.173. The zero-order chi connectivity index (χ0) is 22.5. The Bertz CT molecular complexity index is 1080. The van der Waals surface area contributed by atoms with Crippen LogP contribution in [0.3, 0.4) is 0 Å². The fraction of sp³-hybridized carbons (Fsp3) is 0.333. The van der Waals surface area contributed by atoms with Gasteiger partial charge in [-0.05, 0) is 44.4 Å². The Morgan fingerprint density at radius 1 is 1.03 bits per heavy atom. The summed E-state index contributed by atoms with van der Waals surface area (Å²) in [6.45, 7) is 5.84. The van der Waals surface area contributed by atoms with Gasteiger partial charge in [0, 0.05) is 31.2 Å². The lowest BCUT2D eigenvalue weighted by Crippen LogP contribution is -2.44. The van der Waals surface area contributed by atoms with Gasteiger partial charge in [0.15, 0.2) is 0 Å². The molecule has 1 aliphatic heterocycles. The zero-order valence-electron chi connectivity index (χ0n) is 18.3. The molecule has 0 unspecified atom stereocenters. The standard InChI is InChI=1S/C24H27N5O2S/c1-16-5-9-18(10-6-16)14-25-24(31)29-13-3-4-19(15-29)22-27-28-23(32-22)21(30)26-20-11-7-17(2)8-12-20/h5-12,19H,3-4,13-15H2,1-2H3,(H,25,31)(H,26,30)/t19-/m1/s1. The van der Waals surface area contributed by atoms with E-state index in [-0.39, 0.29) is 17.9 Å². The summed E-state index contributed by atoms with van der Waals surface area (Å²) in [4.78, 5) is 27.0. The molecule has 4 rings (SSSR count). The van der Waals surface area contributed by atoms with Crippen molar-refractivity contribution in [2.75, 3.05) is 18.4 Å². The van der Waals surface area contributed by atoms with Gasteiger partial charge in [-0.15, -0.1) is 10.2 Å². The normalized spacial score (nSPS) is 15.9. The van der Waals surface area contributed by atoms with Gasteiger partial charge in [0.1, 0.15) is 5.01 Å². The lowest BCUT2D eigenvalue weighted by atomic mass is 9.99. The van der Waals surface area contributed by atoms with Crippen LogP contribution in [0.4, 0.5) is 10.5 Å². The average Bonchev–Trinajstić information content (AvgIpc) is 3.31. The third kappa shape index (κ3) is 5.50. The summed E-state index contributed by atoms with van der Waals surface area (Å²) in [6, 6.07) is 15.7. The molecule has 7 nitrogen and oxygen atoms in total. The Morgan fingerprint density at radius 3 is 2.44 bits per heavy atom. The van der Waals surface area contributed by atoms with Crippen LogP contribution in [0.5, 0.6) is 0 Å². The summed E-state index contributed by atoms with van der Waals surface area (Å²) < 4.78 is 0. The molecule has 0 bridgehead atoms. The van der Waals surface area contributed by atoms with Crippen LogP contribution in [-0.4, -0.2) is 40.1 Å². The molecule has 1 saturated heterocycles. The second kappa shape index (κ2) is 9.91. The van der Waals surface area contributed by atoms with E-state index in [9.17, 15) is 9.59 Å². The van der Waals surface area contributed by atoms with Crippen LogP contribution in [0.15, 0.2) is 48.5 Å². The second-order valence-corrected chi connectivity index (χ2v) is 9.20. The predicted octanol–water partition coefficient (Wildman–Crippen LogP) is 4.50. The van der Waals surface area contributed by atoms with Gasteiger partial charge in [0.25, 0.3) is 5.91 Å². The van der Waals surface area contributed by atoms with Gasteiger partial charge in [0.2, 0.25) is 5.01 Å². The van der Waals surface area contributed by atoms with Crippen molar-refractivity contribution in [2.45, 2.75) is 39.2 Å². The molecule has 2 aromatic carbocycles. The largest absolute Gasteiger partial charge is 0.334 e. The summed E-state index contributed by atoms with van der Waals surface area (Å²) in [5.41, 5.74) is 4.13. The highest BCUT2D eigenvalue weighted by atomic mass is 32.1. The molecule has 1 fully saturated rings. The van der Waals surface area contributed by atoms with E-state index in [1.165, 1.54) is 16.9 Å². The maximum atomic E-state index is 12.7. The van der Waals surface area contributed by atoms with Gasteiger partial charge in [-0.2, -0.15) is 0 Å². The number of nitrogens with one attached hydrogen (secondary N) is 2. The van der Waals surface area contributed by atoms with Crippen LogP contribution in [0.1, 0.15) is 50.3 Å². The maximum Gasteiger partial charge on any atom is 0.317 e. The first-order valence-electron chi connectivity index (χ1n) is 10.8. The van der Waals surface area contributed by atoms with Gasteiger partial charge in [-0.3, -0.25) is 4.79 Å². The van der Waals surface area contributed by atoms with Gasteiger partial charge in [-0.25, -0.2) is 4.79 Å². The van der Waals surface area contributed by atoms with Crippen LogP contribution >= 0.6 is 11.3 Å². The summed E-state index contributed by atoms with van der Waals surface area (Å²) in [5, 5.41) is 15.4. The van der Waals surface area contributed by atoms with E-state index in [1.807, 2.05) is 67.3 Å². The summed E-state index contributed by atoms with van der Waals surface area (Å²) in [6.07, 6.45) is 1.82. The highest BCUT2D eigenvalue weighted by Gasteiger charge is 2.28. The molecule has 32 heavy (non-hydrogen) atoms. The third-order valence-electron chi connectivity index (χ3n) is 5.57. The molecule has 0 aliphatic carbocycles. The summed E-state index contributed by atoms with van der Waals surface area (Å²) >= 11 is 1.30. The number of carbonyl (C=O) groups is 2. The number of amides is 3. The number of carbonyl (C=O) groups excluding carboxylic acids is 2. The monoisotopic (exact) mass is 449 g/mol. The Labute approximate surface area is 191 Å². The fourth-order valence-corrected chi connectivity index (χ4v) is 4.54. The molecule has 2 heterocycles. The minimum Gasteiger partial charge on any atom is -0.334 e. The average molecular weight is 450 g/mol. The van der Waals surface area contributed by atoms with Gasteiger partial charge in [-0.1, -0.05) is 58.9 Å². The molecule has 1 aliphatic rings. The molecule has 3 aromatic rings. The number of anilines is 1. The molecule has 3 amide bonds. The number of nitrogens with zero attached hydrogens (tertiary/aromatic N) is 3. The predicted molar refractivity (Wildman–Crippen MR) is 126 cm³/mol. The Hall–Kier alpha value is -3.26. The highest BCUT2D eigenvalue weighted by Crippen LogP contribution is 2.29. The van der Waals surface area contributed by atoms with Gasteiger partial charge in [0.05, 0.1) is 0 Å². The summed E-state index contributed by atoms with van der Waals surface area (Å²) in [7, 11) is 0. The van der Waals surface area contributed by atoms with E-state index < -0.39 is 0 Å². The Balaban J connectivity index is 1.33. The quantitative estimate of drug-likeness (QED) is 0.601. The van der Waals surface area contributed by atoms with Crippen LogP contribution in [-0.2, 0) is 6.54 Å². The Morgan fingerprint density at radius 2 is 1.72 bits per heavy atom. The van der Waals surface area contributed by atoms with Crippen molar-refractivity contribution in [2.24, 2.45) is 0 Å². The van der Waals surface area contributed by atoms with E-state index in [0.29, 0.717) is 18.1 Å². The van der Waals surface area contributed by atoms with Crippen molar-refractivity contribution in [1.29, 1.82) is 0 Å². The second-order valence-electron chi connectivity index (χ2n) is 8.20. The molecule has 0 radical (unpaired) electrons. The number of benzene rings is 2.